The Morgan fingerprint density at radius 1 is 1.16 bits per heavy atom. The molecule has 168 valence electrons. The van der Waals surface area contributed by atoms with E-state index in [1.54, 1.807) is 29.6 Å². The number of pyridine rings is 1. The molecule has 2 aliphatic rings. The van der Waals surface area contributed by atoms with Crippen LogP contribution in [0.3, 0.4) is 0 Å². The van der Waals surface area contributed by atoms with Gasteiger partial charge in [-0.3, -0.25) is 14.8 Å². The molecule has 2 N–H and O–H groups in total. The van der Waals surface area contributed by atoms with E-state index in [1.165, 1.54) is 0 Å². The maximum Gasteiger partial charge on any atom is 0.395 e. The maximum atomic E-state index is 13.5. The molecule has 2 fully saturated rings. The Bertz CT molecular complexity index is 1120. The van der Waals surface area contributed by atoms with E-state index in [2.05, 4.69) is 20.5 Å². The number of piperidine rings is 1. The van der Waals surface area contributed by atoms with Gasteiger partial charge in [-0.2, -0.15) is 18.3 Å². The van der Waals surface area contributed by atoms with Crippen LogP contribution in [0.4, 0.5) is 19.0 Å². The van der Waals surface area contributed by atoms with Gasteiger partial charge >= 0.3 is 6.18 Å². The second-order valence-corrected chi connectivity index (χ2v) is 8.87. The van der Waals surface area contributed by atoms with Crippen LogP contribution in [0, 0.1) is 5.41 Å². The Labute approximate surface area is 183 Å². The van der Waals surface area contributed by atoms with Crippen molar-refractivity contribution in [3.8, 4) is 11.1 Å². The highest BCUT2D eigenvalue weighted by Crippen LogP contribution is 2.58. The summed E-state index contributed by atoms with van der Waals surface area (Å²) in [5, 5.41) is 11.4. The summed E-state index contributed by atoms with van der Waals surface area (Å²) in [6.45, 7) is 0.406. The standard InChI is InChI=1S/C23H24F3N5O/c24-23(25,26)22(6-7-22)14-31-8-2-1-3-19(31)21(32)30-20-10-17-9-15(18-12-28-29-13-18)4-5-16(17)11-27-20/h4-5,9-13,19H,1-3,6-8,14H2,(H,28,29)(H,27,30,32). The second kappa shape index (κ2) is 7.88. The maximum absolute atomic E-state index is 13.5. The molecule has 6 nitrogen and oxygen atoms in total. The molecule has 1 aromatic carbocycles. The Hall–Kier alpha value is -2.94. The number of carbonyl (C=O) groups is 1. The van der Waals surface area contributed by atoms with Crippen molar-refractivity contribution >= 4 is 22.5 Å². The minimum Gasteiger partial charge on any atom is -0.309 e. The molecule has 1 aliphatic heterocycles. The van der Waals surface area contributed by atoms with Crippen molar-refractivity contribution in [2.24, 2.45) is 5.41 Å². The van der Waals surface area contributed by atoms with Crippen LogP contribution in [0.2, 0.25) is 0 Å². The summed E-state index contributed by atoms with van der Waals surface area (Å²) < 4.78 is 40.4. The number of aromatic nitrogens is 3. The predicted molar refractivity (Wildman–Crippen MR) is 115 cm³/mol. The molecule has 1 saturated carbocycles. The zero-order valence-electron chi connectivity index (χ0n) is 17.5. The van der Waals surface area contributed by atoms with E-state index in [1.807, 2.05) is 18.2 Å². The lowest BCUT2D eigenvalue weighted by Crippen LogP contribution is -2.51. The van der Waals surface area contributed by atoms with Crippen molar-refractivity contribution in [2.45, 2.75) is 44.3 Å². The van der Waals surface area contributed by atoms with Crippen molar-refractivity contribution in [3.05, 3.63) is 42.9 Å². The average molecular weight is 443 g/mol. The van der Waals surface area contributed by atoms with E-state index in [9.17, 15) is 18.0 Å². The van der Waals surface area contributed by atoms with Gasteiger partial charge in [-0.05, 0) is 55.3 Å². The first-order valence-corrected chi connectivity index (χ1v) is 10.9. The van der Waals surface area contributed by atoms with E-state index in [-0.39, 0.29) is 25.3 Å². The topological polar surface area (TPSA) is 73.9 Å². The monoisotopic (exact) mass is 443 g/mol. The molecule has 0 radical (unpaired) electrons. The van der Waals surface area contributed by atoms with Gasteiger partial charge in [-0.15, -0.1) is 0 Å². The highest BCUT2D eigenvalue weighted by Gasteiger charge is 2.64. The third-order valence-electron chi connectivity index (χ3n) is 6.68. The minimum atomic E-state index is -4.22. The first kappa shape index (κ1) is 20.9. The van der Waals surface area contributed by atoms with Crippen LogP contribution in [-0.2, 0) is 4.79 Å². The first-order chi connectivity index (χ1) is 15.3. The van der Waals surface area contributed by atoms with E-state index >= 15 is 0 Å². The zero-order valence-corrected chi connectivity index (χ0v) is 17.5. The number of nitrogens with one attached hydrogen (secondary N) is 2. The van der Waals surface area contributed by atoms with Gasteiger partial charge in [-0.25, -0.2) is 4.98 Å². The summed E-state index contributed by atoms with van der Waals surface area (Å²) in [7, 11) is 0. The number of anilines is 1. The first-order valence-electron chi connectivity index (χ1n) is 10.9. The number of nitrogens with zero attached hydrogens (tertiary/aromatic N) is 3. The normalized spacial score (nSPS) is 20.9. The molecule has 5 rings (SSSR count). The van der Waals surface area contributed by atoms with E-state index in [4.69, 9.17) is 0 Å². The number of amides is 1. The number of H-pyrrole nitrogens is 1. The molecular weight excluding hydrogens is 419 g/mol. The fraction of sp³-hybridized carbons (Fsp3) is 0.435. The van der Waals surface area contributed by atoms with Gasteiger partial charge in [0, 0.05) is 29.9 Å². The summed E-state index contributed by atoms with van der Waals surface area (Å²) in [4.78, 5) is 19.1. The average Bonchev–Trinajstić information content (AvgIpc) is 3.36. The lowest BCUT2D eigenvalue weighted by atomic mass is 9.97. The lowest BCUT2D eigenvalue weighted by molar-refractivity contribution is -0.194. The van der Waals surface area contributed by atoms with E-state index in [0.717, 1.165) is 34.7 Å². The van der Waals surface area contributed by atoms with Crippen LogP contribution < -0.4 is 5.32 Å². The van der Waals surface area contributed by atoms with Gasteiger partial charge in [0.2, 0.25) is 5.91 Å². The number of fused-ring (bicyclic) bond motifs is 1. The third kappa shape index (κ3) is 3.97. The van der Waals surface area contributed by atoms with Gasteiger partial charge in [0.15, 0.2) is 0 Å². The van der Waals surface area contributed by atoms with Crippen molar-refractivity contribution < 1.29 is 18.0 Å². The summed E-state index contributed by atoms with van der Waals surface area (Å²) in [5.41, 5.74) is 0.286. The summed E-state index contributed by atoms with van der Waals surface area (Å²) in [6.07, 6.45) is 3.48. The molecule has 1 saturated heterocycles. The van der Waals surface area contributed by atoms with Gasteiger partial charge in [0.1, 0.15) is 5.82 Å². The summed E-state index contributed by atoms with van der Waals surface area (Å²) in [6, 6.07) is 7.14. The van der Waals surface area contributed by atoms with Gasteiger partial charge < -0.3 is 5.32 Å². The molecule has 2 aromatic heterocycles. The minimum absolute atomic E-state index is 0.103. The van der Waals surface area contributed by atoms with Crippen LogP contribution in [0.15, 0.2) is 42.9 Å². The number of rotatable bonds is 5. The van der Waals surface area contributed by atoms with Gasteiger partial charge in [0.05, 0.1) is 17.7 Å². The zero-order chi connectivity index (χ0) is 22.3. The van der Waals surface area contributed by atoms with Crippen LogP contribution in [0.25, 0.3) is 21.9 Å². The number of hydrogen-bond acceptors (Lipinski definition) is 4. The third-order valence-corrected chi connectivity index (χ3v) is 6.68. The fourth-order valence-electron chi connectivity index (χ4n) is 4.56. The number of halogens is 3. The molecule has 3 aromatic rings. The number of likely N-dealkylation sites (tertiary alicyclic amines) is 1. The SMILES string of the molecule is O=C(Nc1cc2cc(-c3cn[nH]c3)ccc2cn1)C1CCCCN1CC1(C(F)(F)F)CC1. The number of hydrogen-bond donors (Lipinski definition) is 2. The van der Waals surface area contributed by atoms with Crippen molar-refractivity contribution in [1.29, 1.82) is 0 Å². The molecule has 1 amide bonds. The van der Waals surface area contributed by atoms with Crippen LogP contribution >= 0.6 is 0 Å². The summed E-state index contributed by atoms with van der Waals surface area (Å²) in [5.74, 6) is 0.106. The molecule has 0 bridgehead atoms. The Morgan fingerprint density at radius 2 is 2.00 bits per heavy atom. The smallest absolute Gasteiger partial charge is 0.309 e. The van der Waals surface area contributed by atoms with Crippen LogP contribution in [0.1, 0.15) is 32.1 Å². The number of benzene rings is 1. The summed E-state index contributed by atoms with van der Waals surface area (Å²) >= 11 is 0. The largest absolute Gasteiger partial charge is 0.395 e. The second-order valence-electron chi connectivity index (χ2n) is 8.87. The highest BCUT2D eigenvalue weighted by atomic mass is 19.4. The Morgan fingerprint density at radius 3 is 2.72 bits per heavy atom. The molecule has 1 atom stereocenters. The molecular formula is C23H24F3N5O. The molecule has 9 heteroatoms. The van der Waals surface area contributed by atoms with Crippen LogP contribution in [-0.4, -0.2) is 51.3 Å². The Balaban J connectivity index is 1.34. The fourth-order valence-corrected chi connectivity index (χ4v) is 4.56. The Kier molecular flexibility index (Phi) is 5.16. The number of carbonyl (C=O) groups excluding carboxylic acids is 1. The van der Waals surface area contributed by atoms with Crippen molar-refractivity contribution in [1.82, 2.24) is 20.1 Å². The number of alkyl halides is 3. The predicted octanol–water partition coefficient (Wildman–Crippen LogP) is 4.76. The van der Waals surface area contributed by atoms with Crippen LogP contribution in [0.5, 0.6) is 0 Å². The van der Waals surface area contributed by atoms with Crippen molar-refractivity contribution in [2.75, 3.05) is 18.4 Å². The molecule has 1 aliphatic carbocycles. The van der Waals surface area contributed by atoms with Gasteiger partial charge in [0.25, 0.3) is 0 Å². The van der Waals surface area contributed by atoms with Gasteiger partial charge in [-0.1, -0.05) is 18.6 Å². The van der Waals surface area contributed by atoms with E-state index < -0.39 is 17.6 Å². The lowest BCUT2D eigenvalue weighted by Gasteiger charge is -2.37. The quantitative estimate of drug-likeness (QED) is 0.596. The van der Waals surface area contributed by atoms with E-state index in [0.29, 0.717) is 18.8 Å². The highest BCUT2D eigenvalue weighted by molar-refractivity contribution is 5.96. The molecule has 0 spiro atoms. The molecule has 3 heterocycles. The van der Waals surface area contributed by atoms with Crippen molar-refractivity contribution in [3.63, 3.8) is 0 Å². The molecule has 32 heavy (non-hydrogen) atoms. The number of aromatic amines is 1. The molecule has 1 unspecified atom stereocenters.